The molecule has 0 radical (unpaired) electrons. The highest BCUT2D eigenvalue weighted by atomic mass is 35.5. The van der Waals surface area contributed by atoms with Gasteiger partial charge in [0.15, 0.2) is 0 Å². The third-order valence-electron chi connectivity index (χ3n) is 2.42. The highest BCUT2D eigenvalue weighted by Gasteiger charge is 2.14. The Hall–Kier alpha value is -2.37. The molecule has 1 heterocycles. The van der Waals surface area contributed by atoms with Crippen LogP contribution in [0.4, 0.5) is 21.6 Å². The number of carboxylic acid groups (broad SMARTS) is 1. The van der Waals surface area contributed by atoms with Crippen LogP contribution in [0, 0.1) is 12.4 Å². The van der Waals surface area contributed by atoms with E-state index in [2.05, 4.69) is 20.1 Å². The lowest BCUT2D eigenvalue weighted by molar-refractivity contribution is -0.133. The summed E-state index contributed by atoms with van der Waals surface area (Å²) in [5.41, 5.74) is 0.540. The third-order valence-corrected chi connectivity index (χ3v) is 3.67. The smallest absolute Gasteiger partial charge is 0.313 e. The third kappa shape index (κ3) is 3.84. The molecular formula is C13H8ClFN4O2S. The molecule has 0 aliphatic rings. The van der Waals surface area contributed by atoms with E-state index in [0.717, 1.165) is 11.8 Å². The van der Waals surface area contributed by atoms with Gasteiger partial charge in [-0.15, -0.1) is 11.8 Å². The van der Waals surface area contributed by atoms with Crippen molar-refractivity contribution in [3.05, 3.63) is 46.8 Å². The number of benzene rings is 1. The minimum absolute atomic E-state index is 0.0658. The second-order valence-corrected chi connectivity index (χ2v) is 5.30. The van der Waals surface area contributed by atoms with Crippen LogP contribution in [0.15, 0.2) is 29.6 Å². The molecule has 6 nitrogen and oxygen atoms in total. The molecule has 112 valence electrons. The van der Waals surface area contributed by atoms with Crippen molar-refractivity contribution in [1.29, 1.82) is 0 Å². The Labute approximate surface area is 134 Å². The summed E-state index contributed by atoms with van der Waals surface area (Å²) >= 11 is 6.61. The van der Waals surface area contributed by atoms with Crippen molar-refractivity contribution in [3.8, 4) is 0 Å². The number of thioether (sulfide) groups is 1. The summed E-state index contributed by atoms with van der Waals surface area (Å²) in [4.78, 5) is 21.8. The second-order valence-electron chi connectivity index (χ2n) is 3.92. The monoisotopic (exact) mass is 338 g/mol. The molecule has 2 rings (SSSR count). The van der Waals surface area contributed by atoms with Crippen molar-refractivity contribution in [2.24, 2.45) is 0 Å². The molecule has 0 unspecified atom stereocenters. The molecule has 0 fully saturated rings. The molecule has 0 aliphatic carbocycles. The van der Waals surface area contributed by atoms with Gasteiger partial charge in [0.05, 0.1) is 17.3 Å². The molecule has 9 heteroatoms. The maximum Gasteiger partial charge on any atom is 0.313 e. The highest BCUT2D eigenvalue weighted by molar-refractivity contribution is 8.00. The van der Waals surface area contributed by atoms with Crippen LogP contribution in [0.3, 0.4) is 0 Å². The maximum absolute atomic E-state index is 13.1. The number of nitrogens with one attached hydrogen (secondary N) is 1. The van der Waals surface area contributed by atoms with Gasteiger partial charge in [-0.3, -0.25) is 4.79 Å². The molecule has 1 aromatic heterocycles. The maximum atomic E-state index is 13.1. The fourth-order valence-electron chi connectivity index (χ4n) is 1.50. The normalized spacial score (nSPS) is 10.0. The van der Waals surface area contributed by atoms with Crippen molar-refractivity contribution < 1.29 is 14.3 Å². The average Bonchev–Trinajstić information content (AvgIpc) is 2.49. The summed E-state index contributed by atoms with van der Waals surface area (Å²) in [7, 11) is 0. The van der Waals surface area contributed by atoms with Crippen molar-refractivity contribution >= 4 is 46.5 Å². The minimum Gasteiger partial charge on any atom is -0.481 e. The van der Waals surface area contributed by atoms with Gasteiger partial charge in [0, 0.05) is 5.69 Å². The molecule has 2 N–H and O–H groups in total. The van der Waals surface area contributed by atoms with Gasteiger partial charge in [0.2, 0.25) is 0 Å². The lowest BCUT2D eigenvalue weighted by atomic mass is 10.3. The van der Waals surface area contributed by atoms with E-state index < -0.39 is 11.8 Å². The quantitative estimate of drug-likeness (QED) is 0.491. The number of hydrogen-bond donors (Lipinski definition) is 2. The first-order chi connectivity index (χ1) is 10.5. The number of aromatic nitrogens is 2. The van der Waals surface area contributed by atoms with Crippen molar-refractivity contribution in [1.82, 2.24) is 9.97 Å². The predicted octanol–water partition coefficient (Wildman–Crippen LogP) is 3.74. The lowest BCUT2D eigenvalue weighted by Crippen LogP contribution is -2.00. The zero-order valence-corrected chi connectivity index (χ0v) is 12.5. The molecular weight excluding hydrogens is 331 g/mol. The van der Waals surface area contributed by atoms with Crippen LogP contribution >= 0.6 is 23.4 Å². The van der Waals surface area contributed by atoms with E-state index in [0.29, 0.717) is 5.69 Å². The van der Waals surface area contributed by atoms with Gasteiger partial charge in [0.25, 0.3) is 5.69 Å². The Morgan fingerprint density at radius 2 is 2.27 bits per heavy atom. The Morgan fingerprint density at radius 1 is 1.50 bits per heavy atom. The van der Waals surface area contributed by atoms with Gasteiger partial charge in [-0.1, -0.05) is 11.6 Å². The van der Waals surface area contributed by atoms with Gasteiger partial charge in [0.1, 0.15) is 23.0 Å². The van der Waals surface area contributed by atoms with E-state index in [9.17, 15) is 9.18 Å². The SMILES string of the molecule is [C-]#[N+]c1c(Nc2ccc(F)c(Cl)c2)ncnc1SCC(=O)O. The van der Waals surface area contributed by atoms with E-state index in [1.807, 2.05) is 0 Å². The van der Waals surface area contributed by atoms with E-state index in [4.69, 9.17) is 23.3 Å². The number of halogens is 2. The minimum atomic E-state index is -1.01. The largest absolute Gasteiger partial charge is 0.481 e. The topological polar surface area (TPSA) is 79.5 Å². The molecule has 0 saturated heterocycles. The number of anilines is 2. The molecule has 2 aromatic rings. The second kappa shape index (κ2) is 7.06. The molecule has 0 amide bonds. The zero-order chi connectivity index (χ0) is 16.1. The number of carboxylic acids is 1. The highest BCUT2D eigenvalue weighted by Crippen LogP contribution is 2.34. The van der Waals surface area contributed by atoms with Crippen LogP contribution in [-0.2, 0) is 4.79 Å². The zero-order valence-electron chi connectivity index (χ0n) is 10.9. The van der Waals surface area contributed by atoms with Gasteiger partial charge in [-0.05, 0) is 18.2 Å². The van der Waals surface area contributed by atoms with E-state index in [-0.39, 0.29) is 27.3 Å². The lowest BCUT2D eigenvalue weighted by Gasteiger charge is -2.09. The number of nitrogens with zero attached hydrogens (tertiary/aromatic N) is 3. The van der Waals surface area contributed by atoms with Crippen LogP contribution in [0.25, 0.3) is 4.85 Å². The van der Waals surface area contributed by atoms with Crippen LogP contribution in [-0.4, -0.2) is 26.8 Å². The first-order valence-corrected chi connectivity index (χ1v) is 7.16. The molecule has 0 spiro atoms. The molecule has 0 saturated carbocycles. The average molecular weight is 339 g/mol. The summed E-state index contributed by atoms with van der Waals surface area (Å²) in [6.45, 7) is 7.21. The van der Waals surface area contributed by atoms with Crippen LogP contribution in [0.1, 0.15) is 0 Å². The number of aliphatic carboxylic acids is 1. The van der Waals surface area contributed by atoms with Gasteiger partial charge in [-0.2, -0.15) is 0 Å². The van der Waals surface area contributed by atoms with E-state index in [1.165, 1.54) is 24.5 Å². The number of carbonyl (C=O) groups is 1. The first-order valence-electron chi connectivity index (χ1n) is 5.80. The van der Waals surface area contributed by atoms with Crippen molar-refractivity contribution in [2.45, 2.75) is 5.03 Å². The summed E-state index contributed by atoms with van der Waals surface area (Å²) in [6, 6.07) is 3.99. The molecule has 1 aromatic carbocycles. The van der Waals surface area contributed by atoms with Crippen LogP contribution < -0.4 is 5.32 Å². The summed E-state index contributed by atoms with van der Waals surface area (Å²) in [5, 5.41) is 11.7. The van der Waals surface area contributed by atoms with Gasteiger partial charge in [-0.25, -0.2) is 19.2 Å². The fourth-order valence-corrected chi connectivity index (χ4v) is 2.34. The predicted molar refractivity (Wildman–Crippen MR) is 81.3 cm³/mol. The van der Waals surface area contributed by atoms with E-state index in [1.54, 1.807) is 0 Å². The standard InChI is InChI=1S/C13H8ClFN4O2S/c1-16-11-12(17-6-18-13(11)22-5-10(20)21)19-7-2-3-9(15)8(14)4-7/h2-4,6H,5H2,(H,20,21)(H,17,18,19). The molecule has 0 bridgehead atoms. The van der Waals surface area contributed by atoms with Gasteiger partial charge < -0.3 is 10.4 Å². The fraction of sp³-hybridized carbons (Fsp3) is 0.0769. The van der Waals surface area contributed by atoms with Crippen LogP contribution in [0.2, 0.25) is 5.02 Å². The summed E-state index contributed by atoms with van der Waals surface area (Å²) in [6.07, 6.45) is 1.21. The number of rotatable bonds is 5. The van der Waals surface area contributed by atoms with Gasteiger partial charge >= 0.3 is 5.97 Å². The Kier molecular flexibility index (Phi) is 5.14. The van der Waals surface area contributed by atoms with Crippen molar-refractivity contribution in [3.63, 3.8) is 0 Å². The Bertz CT molecular complexity index is 766. The van der Waals surface area contributed by atoms with Crippen LogP contribution in [0.5, 0.6) is 0 Å². The summed E-state index contributed by atoms with van der Waals surface area (Å²) in [5.74, 6) is -1.60. The van der Waals surface area contributed by atoms with Crippen molar-refractivity contribution in [2.75, 3.05) is 11.1 Å². The first kappa shape index (κ1) is 16.0. The molecule has 0 aliphatic heterocycles. The Morgan fingerprint density at radius 3 is 2.91 bits per heavy atom. The number of hydrogen-bond acceptors (Lipinski definition) is 5. The Balaban J connectivity index is 2.30. The molecule has 22 heavy (non-hydrogen) atoms. The summed E-state index contributed by atoms with van der Waals surface area (Å²) < 4.78 is 13.1. The van der Waals surface area contributed by atoms with E-state index >= 15 is 0 Å². The molecule has 0 atom stereocenters.